The first-order valence-electron chi connectivity index (χ1n) is 6.94. The highest BCUT2D eigenvalue weighted by Gasteiger charge is 2.29. The molecule has 0 saturated carbocycles. The Hall–Kier alpha value is -1.69. The average Bonchev–Trinajstić information content (AvgIpc) is 2.87. The molecule has 0 saturated heterocycles. The number of rotatable bonds is 4. The summed E-state index contributed by atoms with van der Waals surface area (Å²) in [4.78, 5) is 23.8. The molecule has 0 atom stereocenters. The first kappa shape index (κ1) is 15.7. The largest absolute Gasteiger partial charge is 0.459 e. The maximum atomic E-state index is 12.2. The van der Waals surface area contributed by atoms with Gasteiger partial charge in [-0.25, -0.2) is 4.79 Å². The van der Waals surface area contributed by atoms with E-state index in [-0.39, 0.29) is 12.1 Å². The summed E-state index contributed by atoms with van der Waals surface area (Å²) in [5, 5.41) is 0.834. The minimum atomic E-state index is -0.404. The lowest BCUT2D eigenvalue weighted by atomic mass is 10.1. The van der Waals surface area contributed by atoms with Gasteiger partial charge in [-0.15, -0.1) is 11.8 Å². The minimum absolute atomic E-state index is 0.161. The van der Waals surface area contributed by atoms with E-state index in [1.807, 2.05) is 38.5 Å². The van der Waals surface area contributed by atoms with E-state index >= 15 is 0 Å². The van der Waals surface area contributed by atoms with Crippen LogP contribution in [0.25, 0.3) is 5.70 Å². The van der Waals surface area contributed by atoms with Crippen LogP contribution in [0.5, 0.6) is 0 Å². The number of amides is 1. The topological polar surface area (TPSA) is 74.3 Å². The van der Waals surface area contributed by atoms with Crippen molar-refractivity contribution in [3.05, 3.63) is 22.9 Å². The fourth-order valence-electron chi connectivity index (χ4n) is 2.43. The lowest BCUT2D eigenvalue weighted by Gasteiger charge is -2.08. The maximum Gasteiger partial charge on any atom is 0.341 e. The van der Waals surface area contributed by atoms with Gasteiger partial charge in [0.25, 0.3) is 0 Å². The van der Waals surface area contributed by atoms with Crippen LogP contribution in [-0.4, -0.2) is 28.3 Å². The minimum Gasteiger partial charge on any atom is -0.459 e. The molecule has 0 aromatic carbocycles. The van der Waals surface area contributed by atoms with Gasteiger partial charge in [0.1, 0.15) is 0 Å². The molecule has 0 spiro atoms. The normalized spacial score (nSPS) is 16.0. The molecule has 1 aromatic rings. The van der Waals surface area contributed by atoms with Gasteiger partial charge in [0.05, 0.1) is 16.7 Å². The first-order chi connectivity index (χ1) is 9.86. The molecule has 0 aliphatic carbocycles. The number of thioether (sulfide) groups is 1. The molecule has 2 heterocycles. The second kappa shape index (κ2) is 5.97. The van der Waals surface area contributed by atoms with Gasteiger partial charge in [-0.1, -0.05) is 6.92 Å². The summed E-state index contributed by atoms with van der Waals surface area (Å²) in [6.07, 6.45) is 2.29. The number of hydrogen-bond acceptors (Lipinski definition) is 4. The number of ether oxygens (including phenoxy) is 1. The molecule has 0 radical (unpaired) electrons. The predicted octanol–water partition coefficient (Wildman–Crippen LogP) is 2.57. The number of nitrogens with two attached hydrogens (primary N) is 1. The molecular formula is C15H20N2O3S. The van der Waals surface area contributed by atoms with Gasteiger partial charge < -0.3 is 15.0 Å². The number of aromatic nitrogens is 1. The van der Waals surface area contributed by atoms with Gasteiger partial charge in [-0.2, -0.15) is 0 Å². The molecule has 2 N–H and O–H groups in total. The summed E-state index contributed by atoms with van der Waals surface area (Å²) in [7, 11) is 0. The van der Waals surface area contributed by atoms with E-state index in [0.717, 1.165) is 16.3 Å². The Balaban J connectivity index is 2.50. The van der Waals surface area contributed by atoms with E-state index in [1.165, 1.54) is 11.8 Å². The number of esters is 1. The van der Waals surface area contributed by atoms with Crippen LogP contribution in [0, 0.1) is 6.92 Å². The zero-order valence-corrected chi connectivity index (χ0v) is 13.5. The average molecular weight is 308 g/mol. The van der Waals surface area contributed by atoms with Crippen molar-refractivity contribution in [2.75, 3.05) is 5.75 Å². The number of carbonyl (C=O) groups is 2. The van der Waals surface area contributed by atoms with Crippen molar-refractivity contribution in [2.45, 2.75) is 45.2 Å². The third-order valence-corrected chi connectivity index (χ3v) is 4.42. The quantitative estimate of drug-likeness (QED) is 0.685. The zero-order chi connectivity index (χ0) is 15.7. The van der Waals surface area contributed by atoms with Gasteiger partial charge in [0.15, 0.2) is 0 Å². The smallest absolute Gasteiger partial charge is 0.341 e. The van der Waals surface area contributed by atoms with Gasteiger partial charge in [-0.05, 0) is 32.8 Å². The van der Waals surface area contributed by atoms with Crippen molar-refractivity contribution in [2.24, 2.45) is 5.73 Å². The van der Waals surface area contributed by atoms with Crippen LogP contribution in [-0.2, 0) is 9.53 Å². The number of primary amides is 1. The highest BCUT2D eigenvalue weighted by Crippen LogP contribution is 2.40. The summed E-state index contributed by atoms with van der Waals surface area (Å²) in [5.74, 6) is -0.0790. The monoisotopic (exact) mass is 308 g/mol. The number of hydrogen-bond donors (Lipinski definition) is 1. The molecule has 21 heavy (non-hydrogen) atoms. The van der Waals surface area contributed by atoms with E-state index in [9.17, 15) is 9.59 Å². The number of aryl methyl sites for hydroxylation is 1. The molecule has 1 aliphatic heterocycles. The molecule has 2 rings (SSSR count). The summed E-state index contributed by atoms with van der Waals surface area (Å²) >= 11 is 1.54. The standard InChI is InChI=1S/C15H20N2O3S/c1-5-10(13(16)18)11-7-21-14-12(9(4)6-17(11)14)15(19)20-8(2)3/h6,8H,5,7H2,1-4H3,(H2,16,18). The van der Waals surface area contributed by atoms with Crippen molar-refractivity contribution in [3.8, 4) is 0 Å². The molecule has 0 fully saturated rings. The third-order valence-electron chi connectivity index (χ3n) is 3.33. The second-order valence-corrected chi connectivity index (χ2v) is 6.21. The van der Waals surface area contributed by atoms with Crippen LogP contribution >= 0.6 is 11.8 Å². The lowest BCUT2D eigenvalue weighted by Crippen LogP contribution is -2.16. The summed E-state index contributed by atoms with van der Waals surface area (Å²) in [6.45, 7) is 7.42. The second-order valence-electron chi connectivity index (χ2n) is 5.25. The Morgan fingerprint density at radius 1 is 1.48 bits per heavy atom. The molecule has 6 heteroatoms. The zero-order valence-electron chi connectivity index (χ0n) is 12.7. The SMILES string of the molecule is CCC(C(N)=O)=C1CSc2c(C(=O)OC(C)C)c(C)cn21. The number of nitrogens with zero attached hydrogens (tertiary/aromatic N) is 1. The first-order valence-corrected chi connectivity index (χ1v) is 7.93. The third kappa shape index (κ3) is 2.85. The molecule has 114 valence electrons. The van der Waals surface area contributed by atoms with Crippen molar-refractivity contribution in [1.82, 2.24) is 4.57 Å². The molecule has 5 nitrogen and oxygen atoms in total. The van der Waals surface area contributed by atoms with Crippen LogP contribution in [0.1, 0.15) is 43.1 Å². The Bertz CT molecular complexity index is 629. The Kier molecular flexibility index (Phi) is 4.46. The van der Waals surface area contributed by atoms with Crippen molar-refractivity contribution in [1.29, 1.82) is 0 Å². The number of fused-ring (bicyclic) bond motifs is 1. The maximum absolute atomic E-state index is 12.2. The Morgan fingerprint density at radius 3 is 2.67 bits per heavy atom. The van der Waals surface area contributed by atoms with E-state index in [0.29, 0.717) is 23.3 Å². The van der Waals surface area contributed by atoms with Crippen LogP contribution in [0.3, 0.4) is 0 Å². The fourth-order valence-corrected chi connectivity index (χ4v) is 3.71. The predicted molar refractivity (Wildman–Crippen MR) is 83.1 cm³/mol. The Morgan fingerprint density at radius 2 is 2.14 bits per heavy atom. The summed E-state index contributed by atoms with van der Waals surface area (Å²) in [5.41, 5.74) is 8.36. The summed E-state index contributed by atoms with van der Waals surface area (Å²) in [6, 6.07) is 0. The van der Waals surface area contributed by atoms with Crippen molar-refractivity contribution < 1.29 is 14.3 Å². The molecule has 1 aromatic heterocycles. The van der Waals surface area contributed by atoms with Crippen LogP contribution in [0.2, 0.25) is 0 Å². The van der Waals surface area contributed by atoms with E-state index in [1.54, 1.807) is 0 Å². The highest BCUT2D eigenvalue weighted by molar-refractivity contribution is 8.00. The van der Waals surface area contributed by atoms with Gasteiger partial charge >= 0.3 is 5.97 Å². The van der Waals surface area contributed by atoms with E-state index in [2.05, 4.69) is 0 Å². The molecule has 0 unspecified atom stereocenters. The summed E-state index contributed by atoms with van der Waals surface area (Å²) < 4.78 is 7.20. The van der Waals surface area contributed by atoms with Gasteiger partial charge in [-0.3, -0.25) is 4.79 Å². The van der Waals surface area contributed by atoms with Crippen LogP contribution in [0.4, 0.5) is 0 Å². The molecule has 1 amide bonds. The number of carbonyl (C=O) groups excluding carboxylic acids is 2. The van der Waals surface area contributed by atoms with E-state index < -0.39 is 5.91 Å². The van der Waals surface area contributed by atoms with Crippen LogP contribution in [0.15, 0.2) is 16.8 Å². The lowest BCUT2D eigenvalue weighted by molar-refractivity contribution is -0.114. The fraction of sp³-hybridized carbons (Fsp3) is 0.467. The van der Waals surface area contributed by atoms with Crippen LogP contribution < -0.4 is 5.73 Å². The van der Waals surface area contributed by atoms with Crippen molar-refractivity contribution >= 4 is 29.3 Å². The Labute approximate surface area is 128 Å². The highest BCUT2D eigenvalue weighted by atomic mass is 32.2. The molecule has 1 aliphatic rings. The van der Waals surface area contributed by atoms with Crippen molar-refractivity contribution in [3.63, 3.8) is 0 Å². The van der Waals surface area contributed by atoms with E-state index in [4.69, 9.17) is 10.5 Å². The molecular weight excluding hydrogens is 288 g/mol. The van der Waals surface area contributed by atoms with Gasteiger partial charge in [0.2, 0.25) is 5.91 Å². The van der Waals surface area contributed by atoms with Gasteiger partial charge in [0, 0.05) is 23.2 Å². The molecule has 0 bridgehead atoms.